The summed E-state index contributed by atoms with van der Waals surface area (Å²) in [4.78, 5) is 11.5. The van der Waals surface area contributed by atoms with Crippen LogP contribution in [0.25, 0.3) is 11.0 Å². The van der Waals surface area contributed by atoms with Crippen molar-refractivity contribution in [3.05, 3.63) is 40.2 Å². The Balaban J connectivity index is 2.67. The number of aryl methyl sites for hydroxylation is 1. The van der Waals surface area contributed by atoms with Crippen molar-refractivity contribution in [1.82, 2.24) is 4.48 Å². The fraction of sp³-hybridized carbons (Fsp3) is 0.438. The van der Waals surface area contributed by atoms with Gasteiger partial charge in [-0.2, -0.15) is 0 Å². The van der Waals surface area contributed by atoms with Gasteiger partial charge in [0.15, 0.2) is 0 Å². The van der Waals surface area contributed by atoms with Crippen molar-refractivity contribution in [2.75, 3.05) is 19.6 Å². The minimum atomic E-state index is -0.273. The van der Waals surface area contributed by atoms with Gasteiger partial charge in [-0.15, -0.1) is 0 Å². The van der Waals surface area contributed by atoms with E-state index in [1.807, 2.05) is 13.0 Å². The van der Waals surface area contributed by atoms with Crippen LogP contribution in [0.5, 0.6) is 0 Å². The van der Waals surface area contributed by atoms with Crippen LogP contribution in [-0.2, 0) is 0 Å². The van der Waals surface area contributed by atoms with Crippen molar-refractivity contribution in [1.29, 1.82) is 0 Å². The van der Waals surface area contributed by atoms with Crippen molar-refractivity contribution < 1.29 is 4.42 Å². The average Bonchev–Trinajstić information content (AvgIpc) is 2.41. The first-order valence-electron chi connectivity index (χ1n) is 6.97. The summed E-state index contributed by atoms with van der Waals surface area (Å²) in [6, 6.07) is 7.80. The Morgan fingerprint density at radius 2 is 1.68 bits per heavy atom. The molecule has 3 nitrogen and oxygen atoms in total. The fourth-order valence-corrected chi connectivity index (χ4v) is 2.83. The lowest BCUT2D eigenvalue weighted by Gasteiger charge is -2.35. The van der Waals surface area contributed by atoms with Crippen molar-refractivity contribution in [2.45, 2.75) is 27.7 Å². The third kappa shape index (κ3) is 2.30. The summed E-state index contributed by atoms with van der Waals surface area (Å²) in [5, 5.41) is 1.02. The molecular formula is C16H22NO2+. The van der Waals surface area contributed by atoms with Crippen LogP contribution in [0.15, 0.2) is 33.5 Å². The predicted octanol–water partition coefficient (Wildman–Crippen LogP) is 3.47. The molecule has 3 heteroatoms. The van der Waals surface area contributed by atoms with Gasteiger partial charge in [-0.25, -0.2) is 4.79 Å². The van der Waals surface area contributed by atoms with Crippen LogP contribution >= 0.6 is 0 Å². The van der Waals surface area contributed by atoms with E-state index >= 15 is 0 Å². The molecule has 1 aromatic heterocycles. The summed E-state index contributed by atoms with van der Waals surface area (Å²) in [7, 11) is 0. The zero-order chi connectivity index (χ0) is 14.0. The lowest BCUT2D eigenvalue weighted by atomic mass is 10.1. The number of nitrogens with zero attached hydrogens (tertiary/aromatic N) is 1. The van der Waals surface area contributed by atoms with Crippen molar-refractivity contribution in [2.24, 2.45) is 0 Å². The standard InChI is InChI=1S/C16H22NO2/c1-5-17(6-2,7-3)13-8-9-14-12(4)10-16(18)19-15(14)11-13/h8-11H,5-7H2,1-4H3/q+1. The van der Waals surface area contributed by atoms with Crippen molar-refractivity contribution in [3.8, 4) is 0 Å². The topological polar surface area (TPSA) is 30.2 Å². The second-order valence-electron chi connectivity index (χ2n) is 5.02. The van der Waals surface area contributed by atoms with E-state index in [2.05, 4.69) is 32.9 Å². The van der Waals surface area contributed by atoms with Gasteiger partial charge in [0.1, 0.15) is 11.3 Å². The lowest BCUT2D eigenvalue weighted by Crippen LogP contribution is -2.48. The van der Waals surface area contributed by atoms with E-state index in [1.165, 1.54) is 5.69 Å². The molecule has 0 atom stereocenters. The van der Waals surface area contributed by atoms with Gasteiger partial charge in [-0.1, -0.05) is 0 Å². The zero-order valence-corrected chi connectivity index (χ0v) is 12.2. The maximum Gasteiger partial charge on any atom is 0.336 e. The minimum Gasteiger partial charge on any atom is -0.422 e. The molecule has 0 fully saturated rings. The molecule has 0 aliphatic rings. The van der Waals surface area contributed by atoms with E-state index in [-0.39, 0.29) is 5.63 Å². The van der Waals surface area contributed by atoms with E-state index < -0.39 is 0 Å². The van der Waals surface area contributed by atoms with Gasteiger partial charge in [0.2, 0.25) is 0 Å². The fourth-order valence-electron chi connectivity index (χ4n) is 2.83. The highest BCUT2D eigenvalue weighted by Gasteiger charge is 2.24. The molecule has 0 aliphatic heterocycles. The second-order valence-corrected chi connectivity index (χ2v) is 5.02. The Morgan fingerprint density at radius 3 is 2.26 bits per heavy atom. The van der Waals surface area contributed by atoms with E-state index in [4.69, 9.17) is 4.42 Å². The summed E-state index contributed by atoms with van der Waals surface area (Å²) >= 11 is 0. The molecule has 102 valence electrons. The first-order chi connectivity index (χ1) is 9.06. The maximum atomic E-state index is 11.5. The Hall–Kier alpha value is -1.61. The maximum absolute atomic E-state index is 11.5. The molecular weight excluding hydrogens is 238 g/mol. The molecule has 0 N–H and O–H groups in total. The van der Waals surface area contributed by atoms with E-state index in [9.17, 15) is 4.79 Å². The van der Waals surface area contributed by atoms with Crippen LogP contribution in [-0.4, -0.2) is 19.6 Å². The second kappa shape index (κ2) is 5.17. The number of fused-ring (bicyclic) bond motifs is 1. The number of quaternary nitrogens is 1. The van der Waals surface area contributed by atoms with Crippen LogP contribution < -0.4 is 10.1 Å². The Labute approximate surface area is 114 Å². The van der Waals surface area contributed by atoms with Gasteiger partial charge in [0, 0.05) is 17.5 Å². The van der Waals surface area contributed by atoms with Crippen LogP contribution in [0.3, 0.4) is 0 Å². The van der Waals surface area contributed by atoms with E-state index in [0.717, 1.165) is 35.1 Å². The summed E-state index contributed by atoms with van der Waals surface area (Å²) in [5.41, 5.74) is 2.61. The largest absolute Gasteiger partial charge is 0.422 e. The quantitative estimate of drug-likeness (QED) is 0.622. The average molecular weight is 260 g/mol. The number of rotatable bonds is 4. The predicted molar refractivity (Wildman–Crippen MR) is 80.6 cm³/mol. The van der Waals surface area contributed by atoms with Gasteiger partial charge in [-0.3, -0.25) is 4.48 Å². The highest BCUT2D eigenvalue weighted by atomic mass is 16.4. The Kier molecular flexibility index (Phi) is 3.76. The van der Waals surface area contributed by atoms with Gasteiger partial charge in [0.05, 0.1) is 19.6 Å². The Morgan fingerprint density at radius 1 is 1.05 bits per heavy atom. The van der Waals surface area contributed by atoms with Crippen LogP contribution in [0.4, 0.5) is 5.69 Å². The number of hydrogen-bond donors (Lipinski definition) is 0. The highest BCUT2D eigenvalue weighted by Crippen LogP contribution is 2.28. The van der Waals surface area contributed by atoms with Gasteiger partial charge in [0.25, 0.3) is 0 Å². The highest BCUT2D eigenvalue weighted by molar-refractivity contribution is 5.83. The summed E-state index contributed by atoms with van der Waals surface area (Å²) < 4.78 is 6.26. The first-order valence-corrected chi connectivity index (χ1v) is 6.97. The molecule has 0 radical (unpaired) electrons. The summed E-state index contributed by atoms with van der Waals surface area (Å²) in [5.74, 6) is 0. The number of benzene rings is 1. The molecule has 0 unspecified atom stereocenters. The Bertz CT molecular complexity index is 630. The zero-order valence-electron chi connectivity index (χ0n) is 12.2. The number of hydrogen-bond acceptors (Lipinski definition) is 2. The van der Waals surface area contributed by atoms with E-state index in [0.29, 0.717) is 5.58 Å². The smallest absolute Gasteiger partial charge is 0.336 e. The normalized spacial score (nSPS) is 12.0. The van der Waals surface area contributed by atoms with Gasteiger partial charge < -0.3 is 4.42 Å². The van der Waals surface area contributed by atoms with Crippen LogP contribution in [0, 0.1) is 6.92 Å². The molecule has 0 spiro atoms. The molecule has 2 aromatic rings. The molecule has 0 aliphatic carbocycles. The monoisotopic (exact) mass is 260 g/mol. The molecule has 1 aromatic carbocycles. The molecule has 1 heterocycles. The van der Waals surface area contributed by atoms with Crippen LogP contribution in [0.1, 0.15) is 26.3 Å². The van der Waals surface area contributed by atoms with Crippen molar-refractivity contribution in [3.63, 3.8) is 0 Å². The summed E-state index contributed by atoms with van der Waals surface area (Å²) in [6.45, 7) is 11.6. The third-order valence-electron chi connectivity index (χ3n) is 4.30. The third-order valence-corrected chi connectivity index (χ3v) is 4.30. The molecule has 0 amide bonds. The first kappa shape index (κ1) is 13.8. The van der Waals surface area contributed by atoms with E-state index in [1.54, 1.807) is 6.07 Å². The van der Waals surface area contributed by atoms with Crippen LogP contribution in [0.2, 0.25) is 0 Å². The SMILES string of the molecule is CC[N+](CC)(CC)c1ccc2c(C)cc(=O)oc2c1. The van der Waals surface area contributed by atoms with Gasteiger partial charge in [-0.05, 0) is 45.4 Å². The molecule has 19 heavy (non-hydrogen) atoms. The minimum absolute atomic E-state index is 0.273. The molecule has 0 bridgehead atoms. The summed E-state index contributed by atoms with van der Waals surface area (Å²) in [6.07, 6.45) is 0. The molecule has 0 saturated heterocycles. The van der Waals surface area contributed by atoms with Crippen molar-refractivity contribution >= 4 is 16.7 Å². The lowest BCUT2D eigenvalue weighted by molar-refractivity contribution is 0.316. The van der Waals surface area contributed by atoms with Gasteiger partial charge >= 0.3 is 5.63 Å². The molecule has 0 saturated carbocycles. The molecule has 2 rings (SSSR count).